The molecule has 5 N–H and O–H groups in total. The minimum absolute atomic E-state index is 0.0425. The van der Waals surface area contributed by atoms with Gasteiger partial charge in [-0.05, 0) is 109 Å². The van der Waals surface area contributed by atoms with Gasteiger partial charge in [-0.1, -0.05) is 23.7 Å². The van der Waals surface area contributed by atoms with Crippen molar-refractivity contribution in [3.05, 3.63) is 65.1 Å². The fourth-order valence-corrected chi connectivity index (χ4v) is 7.92. The zero-order valence-electron chi connectivity index (χ0n) is 32.9. The number of aromatic nitrogens is 2. The maximum atomic E-state index is 14.3. The summed E-state index contributed by atoms with van der Waals surface area (Å²) in [7, 11) is -3.32. The van der Waals surface area contributed by atoms with E-state index < -0.39 is 45.5 Å². The summed E-state index contributed by atoms with van der Waals surface area (Å²) in [6.07, 6.45) is 0.0784. The van der Waals surface area contributed by atoms with Gasteiger partial charge in [0.2, 0.25) is 16.0 Å². The Bertz CT molecular complexity index is 2100. The van der Waals surface area contributed by atoms with Crippen LogP contribution in [0.1, 0.15) is 83.0 Å². The summed E-state index contributed by atoms with van der Waals surface area (Å²) in [4.78, 5) is 64.1. The number of aliphatic imine (C=N–C) groups is 1. The number of piperidine rings is 1. The molecule has 2 aromatic carbocycles. The van der Waals surface area contributed by atoms with Gasteiger partial charge < -0.3 is 29.8 Å². The molecule has 3 heterocycles. The SMILES string of the molecule is CC(C)(C)OC(=O)N=C(NC(=O)OC(C)(C)C)Nc1ccc(C(=O)N2C[C@H](C3CCN(S(C)(=O)=O)CC3)C[C@@H]2c2nc(Cl)c(-c3ccc(NC(=O)O)cc3)[nH]2)cc1. The number of imidazole rings is 1. The van der Waals surface area contributed by atoms with Gasteiger partial charge >= 0.3 is 18.3 Å². The molecule has 2 saturated heterocycles. The molecule has 2 atom stereocenters. The molecule has 0 unspecified atom stereocenters. The molecule has 0 saturated carbocycles. The molecule has 4 amide bonds. The number of likely N-dealkylation sites (tertiary alicyclic amines) is 1. The number of rotatable bonds is 7. The van der Waals surface area contributed by atoms with Crippen LogP contribution in [0, 0.1) is 11.8 Å². The van der Waals surface area contributed by atoms with E-state index in [9.17, 15) is 27.6 Å². The number of hydrogen-bond donors (Lipinski definition) is 5. The van der Waals surface area contributed by atoms with E-state index in [4.69, 9.17) is 26.2 Å². The first-order valence-corrected chi connectivity index (χ1v) is 20.6. The summed E-state index contributed by atoms with van der Waals surface area (Å²) < 4.78 is 36.5. The molecule has 1 aromatic heterocycles. The van der Waals surface area contributed by atoms with E-state index in [0.29, 0.717) is 72.9 Å². The highest BCUT2D eigenvalue weighted by atomic mass is 35.5. The normalized spacial score (nSPS) is 18.5. The lowest BCUT2D eigenvalue weighted by atomic mass is 9.83. The molecule has 57 heavy (non-hydrogen) atoms. The average Bonchev–Trinajstić information content (AvgIpc) is 3.70. The van der Waals surface area contributed by atoms with Gasteiger partial charge in [-0.2, -0.15) is 0 Å². The van der Waals surface area contributed by atoms with E-state index in [1.165, 1.54) is 10.6 Å². The summed E-state index contributed by atoms with van der Waals surface area (Å²) >= 11 is 6.66. The van der Waals surface area contributed by atoms with E-state index in [-0.39, 0.29) is 28.9 Å². The van der Waals surface area contributed by atoms with Crippen LogP contribution in [0.25, 0.3) is 11.3 Å². The molecule has 0 radical (unpaired) electrons. The lowest BCUT2D eigenvalue weighted by Gasteiger charge is -2.33. The maximum Gasteiger partial charge on any atom is 0.437 e. The minimum atomic E-state index is -3.32. The third kappa shape index (κ3) is 11.9. The predicted molar refractivity (Wildman–Crippen MR) is 215 cm³/mol. The molecular formula is C38H49ClN8O9S. The van der Waals surface area contributed by atoms with Crippen LogP contribution in [0.3, 0.4) is 0 Å². The molecule has 3 aromatic rings. The second kappa shape index (κ2) is 17.1. The summed E-state index contributed by atoms with van der Waals surface area (Å²) in [6.45, 7) is 11.3. The molecule has 2 aliphatic rings. The van der Waals surface area contributed by atoms with Gasteiger partial charge in [-0.15, -0.1) is 4.99 Å². The molecular weight excluding hydrogens is 780 g/mol. The standard InChI is InChI=1S/C38H49ClN8O9S/c1-37(2,3)55-35(51)44-33(45-36(52)56-38(4,5)6)40-26-14-10-24(11-15-26)32(48)47-21-25(22-16-18-46(19-17-22)57(7,53)54)20-28(47)31-42-29(30(39)43-31)23-8-12-27(13-9-23)41-34(49)50/h8-15,22,25,28,41H,16-21H2,1-7H3,(H,42,43)(H,49,50)(H2,40,44,45,51,52)/t25-,28-/m1/s1. The lowest BCUT2D eigenvalue weighted by Crippen LogP contribution is -2.40. The van der Waals surface area contributed by atoms with Crippen molar-refractivity contribution in [2.24, 2.45) is 16.8 Å². The third-order valence-electron chi connectivity index (χ3n) is 9.26. The highest BCUT2D eigenvalue weighted by molar-refractivity contribution is 7.88. The molecule has 0 bridgehead atoms. The van der Waals surface area contributed by atoms with Crippen LogP contribution in [-0.4, -0.2) is 99.9 Å². The summed E-state index contributed by atoms with van der Waals surface area (Å²) in [5, 5.41) is 16.9. The first kappa shape index (κ1) is 42.9. The number of nitrogens with zero attached hydrogens (tertiary/aromatic N) is 4. The van der Waals surface area contributed by atoms with Crippen molar-refractivity contribution in [3.63, 3.8) is 0 Å². The van der Waals surface area contributed by atoms with Crippen molar-refractivity contribution in [1.29, 1.82) is 0 Å². The van der Waals surface area contributed by atoms with Crippen LogP contribution in [0.15, 0.2) is 53.5 Å². The zero-order chi connectivity index (χ0) is 41.9. The molecule has 2 aliphatic heterocycles. The second-order valence-electron chi connectivity index (χ2n) is 16.0. The Morgan fingerprint density at radius 3 is 2.04 bits per heavy atom. The van der Waals surface area contributed by atoms with E-state index in [1.807, 2.05) is 0 Å². The number of amides is 4. The Balaban J connectivity index is 1.39. The topological polar surface area (TPSA) is 225 Å². The quantitative estimate of drug-likeness (QED) is 0.121. The highest BCUT2D eigenvalue weighted by Crippen LogP contribution is 2.43. The van der Waals surface area contributed by atoms with E-state index >= 15 is 0 Å². The highest BCUT2D eigenvalue weighted by Gasteiger charge is 2.43. The van der Waals surface area contributed by atoms with E-state index in [0.717, 1.165) is 0 Å². The number of aromatic amines is 1. The number of guanidine groups is 1. The summed E-state index contributed by atoms with van der Waals surface area (Å²) in [5.41, 5.74) is 0.631. The number of hydrogen-bond acceptors (Lipinski definition) is 9. The van der Waals surface area contributed by atoms with Gasteiger partial charge in [0.05, 0.1) is 18.0 Å². The number of halogens is 1. The number of anilines is 2. The number of benzene rings is 2. The van der Waals surface area contributed by atoms with Crippen molar-refractivity contribution in [1.82, 2.24) is 24.5 Å². The maximum absolute atomic E-state index is 14.3. The van der Waals surface area contributed by atoms with Gasteiger partial charge in [0.1, 0.15) is 17.0 Å². The van der Waals surface area contributed by atoms with Crippen LogP contribution in [0.2, 0.25) is 5.15 Å². The van der Waals surface area contributed by atoms with Gasteiger partial charge in [0, 0.05) is 42.1 Å². The van der Waals surface area contributed by atoms with Crippen molar-refractivity contribution < 1.29 is 42.2 Å². The number of H-pyrrole nitrogens is 1. The molecule has 308 valence electrons. The fourth-order valence-electron chi connectivity index (χ4n) is 6.80. The predicted octanol–water partition coefficient (Wildman–Crippen LogP) is 6.92. The number of carboxylic acid groups (broad SMARTS) is 1. The smallest absolute Gasteiger partial charge is 0.437 e. The number of carbonyl (C=O) groups excluding carboxylic acids is 3. The monoisotopic (exact) mass is 828 g/mol. The number of sulfonamides is 1. The van der Waals surface area contributed by atoms with Crippen LogP contribution >= 0.6 is 11.6 Å². The summed E-state index contributed by atoms with van der Waals surface area (Å²) in [6, 6.07) is 12.5. The van der Waals surface area contributed by atoms with Crippen LogP contribution in [0.4, 0.5) is 25.8 Å². The van der Waals surface area contributed by atoms with E-state index in [2.05, 4.69) is 30.9 Å². The Hall–Kier alpha value is -5.20. The van der Waals surface area contributed by atoms with Gasteiger partial charge in [0.25, 0.3) is 5.91 Å². The van der Waals surface area contributed by atoms with Crippen molar-refractivity contribution >= 4 is 63.1 Å². The van der Waals surface area contributed by atoms with Crippen molar-refractivity contribution in [2.45, 2.75) is 78.0 Å². The Kier molecular flexibility index (Phi) is 12.9. The number of carbonyl (C=O) groups is 4. The van der Waals surface area contributed by atoms with Crippen LogP contribution in [-0.2, 0) is 19.5 Å². The Morgan fingerprint density at radius 1 is 0.895 bits per heavy atom. The van der Waals surface area contributed by atoms with Crippen molar-refractivity contribution in [2.75, 3.05) is 36.5 Å². The van der Waals surface area contributed by atoms with Gasteiger partial charge in [-0.25, -0.2) is 32.1 Å². The molecule has 19 heteroatoms. The number of alkyl carbamates (subject to hydrolysis) is 1. The number of nitrogens with one attached hydrogen (secondary N) is 4. The summed E-state index contributed by atoms with van der Waals surface area (Å²) in [5.74, 6) is 0.146. The second-order valence-corrected chi connectivity index (χ2v) is 18.4. The van der Waals surface area contributed by atoms with Gasteiger partial charge in [0.15, 0.2) is 5.15 Å². The molecule has 17 nitrogen and oxygen atoms in total. The fraction of sp³-hybridized carbons (Fsp3) is 0.474. The third-order valence-corrected chi connectivity index (χ3v) is 10.8. The van der Waals surface area contributed by atoms with Crippen LogP contribution in [0.5, 0.6) is 0 Å². The van der Waals surface area contributed by atoms with Crippen molar-refractivity contribution in [3.8, 4) is 11.3 Å². The Morgan fingerprint density at radius 2 is 1.47 bits per heavy atom. The first-order chi connectivity index (χ1) is 26.5. The first-order valence-electron chi connectivity index (χ1n) is 18.4. The largest absolute Gasteiger partial charge is 0.465 e. The zero-order valence-corrected chi connectivity index (χ0v) is 34.5. The Labute approximate surface area is 336 Å². The molecule has 0 aliphatic carbocycles. The van der Waals surface area contributed by atoms with Crippen LogP contribution < -0.4 is 16.0 Å². The number of ether oxygens (including phenoxy) is 2. The average molecular weight is 829 g/mol. The lowest BCUT2D eigenvalue weighted by molar-refractivity contribution is 0.0561. The molecule has 5 rings (SSSR count). The minimum Gasteiger partial charge on any atom is -0.465 e. The molecule has 2 fully saturated rings. The van der Waals surface area contributed by atoms with E-state index in [1.54, 1.807) is 95.0 Å². The van der Waals surface area contributed by atoms with Gasteiger partial charge in [-0.3, -0.25) is 15.4 Å². The molecule has 0 spiro atoms.